The molecule has 0 spiro atoms. The van der Waals surface area contributed by atoms with Crippen LogP contribution in [0.3, 0.4) is 0 Å². The standard InChI is InChI=1S/C21H27N7O2/c1-26(14-18-17-5-3-4-6-19(17)27(2)24-18)13-15-7-9-28(10-8-15)21-22-11-16(12-23-21)20(29)25-30/h3-6,11-12,15,30H,7-10,13-14H2,1-2H3,(H,25,29). The van der Waals surface area contributed by atoms with Crippen LogP contribution < -0.4 is 10.4 Å². The minimum absolute atomic E-state index is 0.236. The molecule has 3 aromatic rings. The lowest BCUT2D eigenvalue weighted by atomic mass is 9.96. The summed E-state index contributed by atoms with van der Waals surface area (Å²) in [6.45, 7) is 3.63. The number of rotatable bonds is 6. The molecule has 1 aromatic carbocycles. The first kappa shape index (κ1) is 20.2. The van der Waals surface area contributed by atoms with Gasteiger partial charge >= 0.3 is 0 Å². The molecular formula is C21H27N7O2. The summed E-state index contributed by atoms with van der Waals surface area (Å²) < 4.78 is 1.95. The van der Waals surface area contributed by atoms with Crippen molar-refractivity contribution in [1.82, 2.24) is 30.1 Å². The van der Waals surface area contributed by atoms with Crippen LogP contribution in [0.2, 0.25) is 0 Å². The van der Waals surface area contributed by atoms with E-state index < -0.39 is 5.91 Å². The Balaban J connectivity index is 1.30. The number of benzene rings is 1. The lowest BCUT2D eigenvalue weighted by Crippen LogP contribution is -2.38. The number of hydrogen-bond donors (Lipinski definition) is 2. The van der Waals surface area contributed by atoms with Gasteiger partial charge in [-0.05, 0) is 31.9 Å². The summed E-state index contributed by atoms with van der Waals surface area (Å²) in [7, 11) is 4.15. The predicted molar refractivity (Wildman–Crippen MR) is 113 cm³/mol. The second kappa shape index (κ2) is 8.76. The number of carbonyl (C=O) groups excluding carboxylic acids is 1. The van der Waals surface area contributed by atoms with Crippen molar-refractivity contribution in [1.29, 1.82) is 0 Å². The Kier molecular flexibility index (Phi) is 5.91. The minimum atomic E-state index is -0.607. The second-order valence-corrected chi connectivity index (χ2v) is 7.93. The maximum absolute atomic E-state index is 11.4. The first-order valence-electron chi connectivity index (χ1n) is 10.2. The van der Waals surface area contributed by atoms with Gasteiger partial charge in [0.1, 0.15) is 0 Å². The molecule has 0 aliphatic carbocycles. The number of nitrogens with zero attached hydrogens (tertiary/aromatic N) is 6. The smallest absolute Gasteiger partial charge is 0.277 e. The number of aryl methyl sites for hydroxylation is 1. The summed E-state index contributed by atoms with van der Waals surface area (Å²) in [4.78, 5) is 24.4. The molecule has 0 bridgehead atoms. The highest BCUT2D eigenvalue weighted by molar-refractivity contribution is 5.92. The average molecular weight is 409 g/mol. The van der Waals surface area contributed by atoms with E-state index in [1.54, 1.807) is 5.48 Å². The van der Waals surface area contributed by atoms with Crippen molar-refractivity contribution in [3.63, 3.8) is 0 Å². The Morgan fingerprint density at radius 3 is 2.63 bits per heavy atom. The molecule has 9 heteroatoms. The van der Waals surface area contributed by atoms with Crippen molar-refractivity contribution < 1.29 is 10.0 Å². The number of hydroxylamine groups is 1. The summed E-state index contributed by atoms with van der Waals surface area (Å²) in [5.41, 5.74) is 4.11. The number of piperidine rings is 1. The van der Waals surface area contributed by atoms with Gasteiger partial charge in [-0.2, -0.15) is 5.10 Å². The third kappa shape index (κ3) is 4.27. The van der Waals surface area contributed by atoms with Crippen molar-refractivity contribution in [2.45, 2.75) is 19.4 Å². The number of nitrogens with one attached hydrogen (secondary N) is 1. The predicted octanol–water partition coefficient (Wildman–Crippen LogP) is 1.83. The molecule has 1 aliphatic rings. The van der Waals surface area contributed by atoms with Gasteiger partial charge in [0.05, 0.1) is 16.8 Å². The van der Waals surface area contributed by atoms with E-state index in [-0.39, 0.29) is 5.56 Å². The Labute approximate surface area is 175 Å². The molecule has 1 fully saturated rings. The van der Waals surface area contributed by atoms with E-state index in [0.29, 0.717) is 11.9 Å². The van der Waals surface area contributed by atoms with Gasteiger partial charge in [0.25, 0.3) is 5.91 Å². The first-order chi connectivity index (χ1) is 14.5. The van der Waals surface area contributed by atoms with Gasteiger partial charge in [0.2, 0.25) is 5.95 Å². The number of hydrogen-bond acceptors (Lipinski definition) is 7. The van der Waals surface area contributed by atoms with Crippen molar-refractivity contribution >= 4 is 22.8 Å². The van der Waals surface area contributed by atoms with Gasteiger partial charge in [-0.25, -0.2) is 15.4 Å². The average Bonchev–Trinajstić information content (AvgIpc) is 3.09. The van der Waals surface area contributed by atoms with Crippen LogP contribution >= 0.6 is 0 Å². The highest BCUT2D eigenvalue weighted by Crippen LogP contribution is 2.23. The van der Waals surface area contributed by atoms with Crippen molar-refractivity contribution in [2.75, 3.05) is 31.6 Å². The molecule has 0 unspecified atom stereocenters. The fourth-order valence-electron chi connectivity index (χ4n) is 4.15. The fourth-order valence-corrected chi connectivity index (χ4v) is 4.15. The number of carbonyl (C=O) groups is 1. The molecule has 2 N–H and O–H groups in total. The lowest BCUT2D eigenvalue weighted by Gasteiger charge is -2.33. The molecule has 1 amide bonds. The van der Waals surface area contributed by atoms with Crippen LogP contribution in [-0.4, -0.2) is 62.4 Å². The summed E-state index contributed by atoms with van der Waals surface area (Å²) >= 11 is 0. The maximum atomic E-state index is 11.4. The second-order valence-electron chi connectivity index (χ2n) is 7.93. The Hall–Kier alpha value is -3.04. The molecule has 0 saturated carbocycles. The molecule has 158 valence electrons. The van der Waals surface area contributed by atoms with Crippen LogP contribution in [0.15, 0.2) is 36.7 Å². The number of anilines is 1. The van der Waals surface area contributed by atoms with E-state index >= 15 is 0 Å². The SMILES string of the molecule is CN(Cc1nn(C)c2ccccc12)CC1CCN(c2ncc(C(=O)NO)cn2)CC1. The molecule has 2 aromatic heterocycles. The van der Waals surface area contributed by atoms with Crippen molar-refractivity contribution in [3.05, 3.63) is 47.9 Å². The Morgan fingerprint density at radius 2 is 1.93 bits per heavy atom. The largest absolute Gasteiger partial charge is 0.341 e. The minimum Gasteiger partial charge on any atom is -0.341 e. The molecule has 30 heavy (non-hydrogen) atoms. The zero-order valence-electron chi connectivity index (χ0n) is 17.3. The van der Waals surface area contributed by atoms with Gasteiger partial charge in [-0.15, -0.1) is 0 Å². The monoisotopic (exact) mass is 409 g/mol. The van der Waals surface area contributed by atoms with E-state index in [1.165, 1.54) is 17.8 Å². The molecular weight excluding hydrogens is 382 g/mol. The molecule has 1 saturated heterocycles. The Morgan fingerprint density at radius 1 is 1.23 bits per heavy atom. The third-order valence-electron chi connectivity index (χ3n) is 5.72. The van der Waals surface area contributed by atoms with E-state index in [9.17, 15) is 4.79 Å². The summed E-state index contributed by atoms with van der Waals surface area (Å²) in [5.74, 6) is 0.626. The molecule has 9 nitrogen and oxygen atoms in total. The molecule has 3 heterocycles. The van der Waals surface area contributed by atoms with Crippen LogP contribution in [-0.2, 0) is 13.6 Å². The number of para-hydroxylation sites is 1. The third-order valence-corrected chi connectivity index (χ3v) is 5.72. The van der Waals surface area contributed by atoms with E-state index in [0.717, 1.165) is 50.2 Å². The zero-order chi connectivity index (χ0) is 21.1. The number of aromatic nitrogens is 4. The summed E-state index contributed by atoms with van der Waals surface area (Å²) in [6.07, 6.45) is 5.00. The zero-order valence-corrected chi connectivity index (χ0v) is 17.3. The van der Waals surface area contributed by atoms with Gasteiger partial charge in [0.15, 0.2) is 0 Å². The molecule has 4 rings (SSSR count). The van der Waals surface area contributed by atoms with Gasteiger partial charge in [-0.3, -0.25) is 14.7 Å². The highest BCUT2D eigenvalue weighted by atomic mass is 16.5. The van der Waals surface area contributed by atoms with E-state index in [1.807, 2.05) is 17.8 Å². The van der Waals surface area contributed by atoms with Crippen molar-refractivity contribution in [3.8, 4) is 0 Å². The van der Waals surface area contributed by atoms with Gasteiger partial charge < -0.3 is 9.80 Å². The normalized spacial score (nSPS) is 15.1. The van der Waals surface area contributed by atoms with Crippen LogP contribution in [0.25, 0.3) is 10.9 Å². The van der Waals surface area contributed by atoms with Crippen molar-refractivity contribution in [2.24, 2.45) is 13.0 Å². The van der Waals surface area contributed by atoms with Crippen LogP contribution in [0.4, 0.5) is 5.95 Å². The van der Waals surface area contributed by atoms with E-state index in [2.05, 4.69) is 45.0 Å². The molecule has 1 aliphatic heterocycles. The molecule has 0 radical (unpaired) electrons. The Bertz CT molecular complexity index is 1010. The topological polar surface area (TPSA) is 99.4 Å². The first-order valence-corrected chi connectivity index (χ1v) is 10.2. The van der Waals surface area contributed by atoms with Crippen LogP contribution in [0, 0.1) is 5.92 Å². The summed E-state index contributed by atoms with van der Waals surface area (Å²) in [5, 5.41) is 14.6. The van der Waals surface area contributed by atoms with Gasteiger partial charge in [-0.1, -0.05) is 18.2 Å². The van der Waals surface area contributed by atoms with Gasteiger partial charge in [0, 0.05) is 51.0 Å². The number of amides is 1. The number of fused-ring (bicyclic) bond motifs is 1. The molecule has 0 atom stereocenters. The van der Waals surface area contributed by atoms with Crippen LogP contribution in [0.1, 0.15) is 28.9 Å². The quantitative estimate of drug-likeness (QED) is 0.473. The van der Waals surface area contributed by atoms with E-state index in [4.69, 9.17) is 10.3 Å². The fraction of sp³-hybridized carbons (Fsp3) is 0.429. The lowest BCUT2D eigenvalue weighted by molar-refractivity contribution is 0.0705. The highest BCUT2D eigenvalue weighted by Gasteiger charge is 2.23. The summed E-state index contributed by atoms with van der Waals surface area (Å²) in [6, 6.07) is 8.35. The van der Waals surface area contributed by atoms with Crippen LogP contribution in [0.5, 0.6) is 0 Å². The maximum Gasteiger partial charge on any atom is 0.277 e.